The maximum atomic E-state index is 14.1. The molecule has 2 aromatic rings. The summed E-state index contributed by atoms with van der Waals surface area (Å²) in [6.45, 7) is 6.89. The number of hydrogen-bond acceptors (Lipinski definition) is 3. The minimum absolute atomic E-state index is 0.162. The molecule has 0 radical (unpaired) electrons. The van der Waals surface area contributed by atoms with E-state index in [1.54, 1.807) is 17.4 Å². The highest BCUT2D eigenvalue weighted by molar-refractivity contribution is 7.09. The van der Waals surface area contributed by atoms with Crippen molar-refractivity contribution in [1.82, 2.24) is 10.3 Å². The van der Waals surface area contributed by atoms with Gasteiger partial charge in [-0.1, -0.05) is 24.6 Å². The third-order valence-electron chi connectivity index (χ3n) is 2.99. The molecule has 1 aromatic carbocycles. The van der Waals surface area contributed by atoms with Crippen LogP contribution in [0.25, 0.3) is 0 Å². The minimum atomic E-state index is -0.176. The topological polar surface area (TPSA) is 24.9 Å². The van der Waals surface area contributed by atoms with Crippen molar-refractivity contribution >= 4 is 11.3 Å². The number of nitrogens with one attached hydrogen (secondary N) is 1. The first-order chi connectivity index (χ1) is 9.11. The van der Waals surface area contributed by atoms with Gasteiger partial charge in [-0.2, -0.15) is 0 Å². The lowest BCUT2D eigenvalue weighted by Gasteiger charge is -2.18. The van der Waals surface area contributed by atoms with Gasteiger partial charge in [-0.05, 0) is 32.9 Å². The van der Waals surface area contributed by atoms with Gasteiger partial charge in [-0.3, -0.25) is 0 Å². The van der Waals surface area contributed by atoms with E-state index >= 15 is 0 Å². The van der Waals surface area contributed by atoms with Gasteiger partial charge >= 0.3 is 0 Å². The molecular formula is C15H19FN2S. The first kappa shape index (κ1) is 14.2. The monoisotopic (exact) mass is 278 g/mol. The third-order valence-corrected chi connectivity index (χ3v) is 3.79. The molecule has 1 heterocycles. The van der Waals surface area contributed by atoms with Gasteiger partial charge < -0.3 is 5.32 Å². The van der Waals surface area contributed by atoms with E-state index in [9.17, 15) is 4.39 Å². The van der Waals surface area contributed by atoms with Crippen molar-refractivity contribution in [3.8, 4) is 0 Å². The van der Waals surface area contributed by atoms with Gasteiger partial charge in [0.05, 0.1) is 16.7 Å². The first-order valence-corrected chi connectivity index (χ1v) is 7.41. The molecule has 0 saturated heterocycles. The molecule has 0 spiro atoms. The molecule has 102 valence electrons. The summed E-state index contributed by atoms with van der Waals surface area (Å²) < 4.78 is 14.1. The number of thiazole rings is 1. The van der Waals surface area contributed by atoms with Crippen LogP contribution in [-0.4, -0.2) is 11.5 Å². The van der Waals surface area contributed by atoms with E-state index in [4.69, 9.17) is 0 Å². The van der Waals surface area contributed by atoms with Gasteiger partial charge in [-0.25, -0.2) is 9.37 Å². The van der Waals surface area contributed by atoms with Crippen LogP contribution in [0.3, 0.4) is 0 Å². The van der Waals surface area contributed by atoms with Crippen molar-refractivity contribution in [1.29, 1.82) is 0 Å². The van der Waals surface area contributed by atoms with Gasteiger partial charge in [-0.15, -0.1) is 11.3 Å². The number of nitrogens with zero attached hydrogens (tertiary/aromatic N) is 1. The summed E-state index contributed by atoms with van der Waals surface area (Å²) in [7, 11) is 0. The summed E-state index contributed by atoms with van der Waals surface area (Å²) in [5.74, 6) is -0.176. The maximum absolute atomic E-state index is 14.1. The molecule has 0 aliphatic rings. The molecular weight excluding hydrogens is 259 g/mol. The van der Waals surface area contributed by atoms with Crippen molar-refractivity contribution in [2.75, 3.05) is 6.54 Å². The lowest BCUT2D eigenvalue weighted by molar-refractivity contribution is 0.540. The second kappa shape index (κ2) is 6.26. The highest BCUT2D eigenvalue weighted by atomic mass is 32.1. The van der Waals surface area contributed by atoms with Crippen LogP contribution in [0.5, 0.6) is 0 Å². The highest BCUT2D eigenvalue weighted by Crippen LogP contribution is 2.26. The van der Waals surface area contributed by atoms with Gasteiger partial charge in [0.15, 0.2) is 0 Å². The Hall–Kier alpha value is -1.26. The molecule has 1 unspecified atom stereocenters. The Bertz CT molecular complexity index is 551. The Labute approximate surface area is 117 Å². The van der Waals surface area contributed by atoms with E-state index in [-0.39, 0.29) is 11.9 Å². The van der Waals surface area contributed by atoms with E-state index in [0.29, 0.717) is 5.56 Å². The number of hydrogen-bond donors (Lipinski definition) is 1. The second-order valence-electron chi connectivity index (χ2n) is 4.70. The lowest BCUT2D eigenvalue weighted by atomic mass is 10.0. The number of benzene rings is 1. The summed E-state index contributed by atoms with van der Waals surface area (Å²) in [6.07, 6.45) is 1.01. The Morgan fingerprint density at radius 2 is 2.16 bits per heavy atom. The van der Waals surface area contributed by atoms with Crippen LogP contribution in [0.4, 0.5) is 4.39 Å². The predicted molar refractivity (Wildman–Crippen MR) is 78.1 cm³/mol. The van der Waals surface area contributed by atoms with Gasteiger partial charge in [0.1, 0.15) is 5.82 Å². The molecule has 0 amide bonds. The molecule has 1 N–H and O–H groups in total. The fourth-order valence-corrected chi connectivity index (χ4v) is 2.70. The van der Waals surface area contributed by atoms with E-state index < -0.39 is 0 Å². The van der Waals surface area contributed by atoms with Crippen molar-refractivity contribution in [2.45, 2.75) is 33.2 Å². The quantitative estimate of drug-likeness (QED) is 0.894. The molecule has 4 heteroatoms. The van der Waals surface area contributed by atoms with Gasteiger partial charge in [0.25, 0.3) is 0 Å². The zero-order valence-electron chi connectivity index (χ0n) is 11.5. The number of halogens is 1. The first-order valence-electron chi connectivity index (χ1n) is 6.53. The SMILES string of the molecule is CCCNC(c1csc(C)n1)c1cc(C)ccc1F. The maximum Gasteiger partial charge on any atom is 0.128 e. The molecule has 0 aliphatic carbocycles. The average molecular weight is 278 g/mol. The fraction of sp³-hybridized carbons (Fsp3) is 0.400. The summed E-state index contributed by atoms with van der Waals surface area (Å²) in [4.78, 5) is 4.50. The van der Waals surface area contributed by atoms with Crippen molar-refractivity contribution < 1.29 is 4.39 Å². The van der Waals surface area contributed by atoms with Crippen LogP contribution in [0.15, 0.2) is 23.6 Å². The molecule has 0 saturated carbocycles. The smallest absolute Gasteiger partial charge is 0.128 e. The summed E-state index contributed by atoms with van der Waals surface area (Å²) in [5, 5.41) is 6.40. The molecule has 2 nitrogen and oxygen atoms in total. The molecule has 19 heavy (non-hydrogen) atoms. The van der Waals surface area contributed by atoms with Crippen LogP contribution in [0, 0.1) is 19.7 Å². The van der Waals surface area contributed by atoms with Gasteiger partial charge in [0.2, 0.25) is 0 Å². The van der Waals surface area contributed by atoms with Crippen LogP contribution in [0.2, 0.25) is 0 Å². The minimum Gasteiger partial charge on any atom is -0.305 e. The Kier molecular flexibility index (Phi) is 4.66. The zero-order chi connectivity index (χ0) is 13.8. The predicted octanol–water partition coefficient (Wildman–Crippen LogP) is 3.99. The van der Waals surface area contributed by atoms with Crippen molar-refractivity contribution in [2.24, 2.45) is 0 Å². The average Bonchev–Trinajstić information content (AvgIpc) is 2.80. The summed E-state index contributed by atoms with van der Waals surface area (Å²) >= 11 is 1.60. The van der Waals surface area contributed by atoms with Crippen LogP contribution >= 0.6 is 11.3 Å². The Balaban J connectivity index is 2.39. The van der Waals surface area contributed by atoms with Crippen molar-refractivity contribution in [3.05, 3.63) is 51.2 Å². The molecule has 0 bridgehead atoms. The fourth-order valence-electron chi connectivity index (χ4n) is 2.06. The van der Waals surface area contributed by atoms with Crippen LogP contribution in [0.1, 0.15) is 41.2 Å². The van der Waals surface area contributed by atoms with E-state index in [2.05, 4.69) is 17.2 Å². The van der Waals surface area contributed by atoms with Crippen LogP contribution in [-0.2, 0) is 0 Å². The molecule has 0 aliphatic heterocycles. The highest BCUT2D eigenvalue weighted by Gasteiger charge is 2.19. The Morgan fingerprint density at radius 3 is 2.79 bits per heavy atom. The summed E-state index contributed by atoms with van der Waals surface area (Å²) in [6, 6.07) is 5.06. The Morgan fingerprint density at radius 1 is 1.37 bits per heavy atom. The van der Waals surface area contributed by atoms with Gasteiger partial charge in [0, 0.05) is 10.9 Å². The lowest BCUT2D eigenvalue weighted by Crippen LogP contribution is -2.24. The molecule has 1 aromatic heterocycles. The van der Waals surface area contributed by atoms with E-state index in [1.807, 2.05) is 25.3 Å². The molecule has 1 atom stereocenters. The third kappa shape index (κ3) is 3.39. The van der Waals surface area contributed by atoms with E-state index in [0.717, 1.165) is 29.2 Å². The van der Waals surface area contributed by atoms with E-state index in [1.165, 1.54) is 6.07 Å². The van der Waals surface area contributed by atoms with Crippen molar-refractivity contribution in [3.63, 3.8) is 0 Å². The largest absolute Gasteiger partial charge is 0.305 e. The number of aryl methyl sites for hydroxylation is 2. The molecule has 0 fully saturated rings. The number of rotatable bonds is 5. The molecule has 2 rings (SSSR count). The number of aromatic nitrogens is 1. The van der Waals surface area contributed by atoms with Crippen LogP contribution < -0.4 is 5.32 Å². The summed E-state index contributed by atoms with van der Waals surface area (Å²) in [5.41, 5.74) is 2.64. The standard InChI is InChI=1S/C15H19FN2S/c1-4-7-17-15(14-9-19-11(3)18-14)12-8-10(2)5-6-13(12)16/h5-6,8-9,15,17H,4,7H2,1-3H3. The zero-order valence-corrected chi connectivity index (χ0v) is 12.4. The normalized spacial score (nSPS) is 12.6. The second-order valence-corrected chi connectivity index (χ2v) is 5.77.